The van der Waals surface area contributed by atoms with Gasteiger partial charge in [0.05, 0.1) is 26.1 Å². The Bertz CT molecular complexity index is 768. The molecule has 0 heterocycles. The Morgan fingerprint density at radius 1 is 0.778 bits per heavy atom. The number of aliphatic carboxylic acids is 2. The predicted molar refractivity (Wildman–Crippen MR) is 108 cm³/mol. The maximum absolute atomic E-state index is 10.7. The summed E-state index contributed by atoms with van der Waals surface area (Å²) in [7, 11) is 0. The van der Waals surface area contributed by atoms with Crippen LogP contribution in [0, 0.1) is 0 Å². The Kier molecular flexibility index (Phi) is 8.01. The molecule has 0 spiro atoms. The van der Waals surface area contributed by atoms with Gasteiger partial charge in [-0.25, -0.2) is 0 Å². The van der Waals surface area contributed by atoms with Crippen LogP contribution in [0.1, 0.15) is 22.3 Å². The first kappa shape index (κ1) is 21.6. The average molecular weight is 426 g/mol. The van der Waals surface area contributed by atoms with Crippen LogP contribution in [-0.2, 0) is 56.5 Å². The van der Waals surface area contributed by atoms with Gasteiger partial charge in [0.25, 0.3) is 0 Å². The lowest BCUT2D eigenvalue weighted by Crippen LogP contribution is -2.00. The summed E-state index contributed by atoms with van der Waals surface area (Å²) >= 11 is 9.59. The highest BCUT2D eigenvalue weighted by Crippen LogP contribution is 2.54. The first-order valence-electron chi connectivity index (χ1n) is 7.94. The number of hydrogen-bond donors (Lipinski definition) is 3. The zero-order valence-corrected chi connectivity index (χ0v) is 16.9. The smallest absolute Gasteiger partial charge is 0.307 e. The predicted octanol–water partition coefficient (Wildman–Crippen LogP) is 3.83. The second-order valence-corrected chi connectivity index (χ2v) is 11.1. The lowest BCUT2D eigenvalue weighted by Gasteiger charge is -2.17. The molecule has 27 heavy (non-hydrogen) atoms. The summed E-state index contributed by atoms with van der Waals surface area (Å²) in [6.45, 7) is 0.428. The van der Waals surface area contributed by atoms with Crippen molar-refractivity contribution in [3.8, 4) is 0 Å². The van der Waals surface area contributed by atoms with Crippen molar-refractivity contribution in [1.82, 2.24) is 0 Å². The standard InChI is InChI=1S/C18H19O6PS2/c19-17(20)9-13-1-5-15(6-2-13)11-23-25(26,27)24-12-16-7-3-14(4-8-16)10-18(21)22/h1-8H,9-12H2,(H,19,20)(H,21,22)(H,26,27). The first-order valence-corrected chi connectivity index (χ1v) is 11.7. The van der Waals surface area contributed by atoms with Crippen LogP contribution < -0.4 is 0 Å². The number of benzene rings is 2. The third-order valence-electron chi connectivity index (χ3n) is 3.55. The largest absolute Gasteiger partial charge is 0.481 e. The zero-order valence-electron chi connectivity index (χ0n) is 14.3. The fraction of sp³-hybridized carbons (Fsp3) is 0.222. The summed E-state index contributed by atoms with van der Waals surface area (Å²) in [5, 5.41) is 17.5. The van der Waals surface area contributed by atoms with E-state index in [4.69, 9.17) is 31.1 Å². The number of thiol groups is 1. The van der Waals surface area contributed by atoms with Gasteiger partial charge in [0.2, 0.25) is 5.69 Å². The first-order chi connectivity index (χ1) is 12.7. The van der Waals surface area contributed by atoms with Crippen LogP contribution in [0.4, 0.5) is 0 Å². The molecule has 6 nitrogen and oxygen atoms in total. The van der Waals surface area contributed by atoms with Gasteiger partial charge in [-0.05, 0) is 34.1 Å². The van der Waals surface area contributed by atoms with Crippen LogP contribution >= 0.6 is 17.9 Å². The molecular formula is C18H19O6PS2. The van der Waals surface area contributed by atoms with Gasteiger partial charge in [-0.1, -0.05) is 60.8 Å². The van der Waals surface area contributed by atoms with E-state index >= 15 is 0 Å². The number of rotatable bonds is 10. The van der Waals surface area contributed by atoms with Gasteiger partial charge < -0.3 is 19.3 Å². The molecule has 0 aliphatic heterocycles. The van der Waals surface area contributed by atoms with Crippen molar-refractivity contribution >= 4 is 41.7 Å². The molecule has 2 aromatic rings. The normalized spacial score (nSPS) is 11.3. The summed E-state index contributed by atoms with van der Waals surface area (Å²) in [6.07, 6.45) is -0.0555. The molecule has 0 atom stereocenters. The van der Waals surface area contributed by atoms with Crippen LogP contribution in [0.25, 0.3) is 0 Å². The van der Waals surface area contributed by atoms with E-state index in [-0.39, 0.29) is 26.1 Å². The minimum Gasteiger partial charge on any atom is -0.481 e. The van der Waals surface area contributed by atoms with Crippen LogP contribution in [0.15, 0.2) is 48.5 Å². The van der Waals surface area contributed by atoms with Crippen molar-refractivity contribution in [2.24, 2.45) is 0 Å². The van der Waals surface area contributed by atoms with Crippen molar-refractivity contribution in [2.75, 3.05) is 0 Å². The molecule has 144 valence electrons. The molecule has 0 saturated carbocycles. The zero-order chi connectivity index (χ0) is 19.9. The number of hydrogen-bond acceptors (Lipinski definition) is 5. The third kappa shape index (κ3) is 8.24. The number of carboxylic acid groups (broad SMARTS) is 2. The molecule has 0 saturated heterocycles. The Balaban J connectivity index is 1.83. The summed E-state index contributed by atoms with van der Waals surface area (Å²) < 4.78 is 11.2. The number of carbonyl (C=O) groups is 2. The van der Waals surface area contributed by atoms with E-state index in [9.17, 15) is 9.59 Å². The molecule has 0 fully saturated rings. The van der Waals surface area contributed by atoms with Crippen molar-refractivity contribution < 1.29 is 28.8 Å². The van der Waals surface area contributed by atoms with E-state index < -0.39 is 17.6 Å². The molecule has 9 heteroatoms. The van der Waals surface area contributed by atoms with Crippen molar-refractivity contribution in [2.45, 2.75) is 26.1 Å². The Hall–Kier alpha value is -1.70. The molecule has 0 unspecified atom stereocenters. The molecule has 0 radical (unpaired) electrons. The van der Waals surface area contributed by atoms with E-state index in [1.807, 2.05) is 0 Å². The Labute approximate surface area is 167 Å². The van der Waals surface area contributed by atoms with Gasteiger partial charge >= 0.3 is 11.9 Å². The van der Waals surface area contributed by atoms with Gasteiger partial charge in [-0.2, -0.15) is 0 Å². The van der Waals surface area contributed by atoms with E-state index in [0.717, 1.165) is 11.1 Å². The third-order valence-corrected chi connectivity index (χ3v) is 5.78. The van der Waals surface area contributed by atoms with Gasteiger partial charge in [0, 0.05) is 0 Å². The molecule has 2 rings (SSSR count). The van der Waals surface area contributed by atoms with E-state index in [0.29, 0.717) is 11.1 Å². The molecule has 0 bridgehead atoms. The summed E-state index contributed by atoms with van der Waals surface area (Å²) in [4.78, 5) is 21.4. The van der Waals surface area contributed by atoms with Crippen molar-refractivity contribution in [3.63, 3.8) is 0 Å². The van der Waals surface area contributed by atoms with Gasteiger partial charge in [-0.15, -0.1) is 0 Å². The molecule has 0 aliphatic carbocycles. The molecule has 0 aliphatic rings. The lowest BCUT2D eigenvalue weighted by atomic mass is 10.1. The van der Waals surface area contributed by atoms with Crippen LogP contribution in [-0.4, -0.2) is 22.2 Å². The highest BCUT2D eigenvalue weighted by molar-refractivity contribution is 8.60. The molecule has 2 N–H and O–H groups in total. The Morgan fingerprint density at radius 3 is 1.37 bits per heavy atom. The van der Waals surface area contributed by atoms with E-state index in [1.165, 1.54) is 0 Å². The fourth-order valence-corrected chi connectivity index (χ4v) is 3.57. The Morgan fingerprint density at radius 2 is 1.07 bits per heavy atom. The summed E-state index contributed by atoms with van der Waals surface area (Å²) in [6, 6.07) is 14.0. The van der Waals surface area contributed by atoms with Gasteiger partial charge in [0.1, 0.15) is 0 Å². The van der Waals surface area contributed by atoms with Gasteiger partial charge in [-0.3, -0.25) is 9.59 Å². The number of carboxylic acids is 2. The quantitative estimate of drug-likeness (QED) is 0.393. The minimum absolute atomic E-state index is 0.0277. The maximum atomic E-state index is 10.7. The highest BCUT2D eigenvalue weighted by Gasteiger charge is 2.14. The topological polar surface area (TPSA) is 93.1 Å². The van der Waals surface area contributed by atoms with Crippen molar-refractivity contribution in [3.05, 3.63) is 70.8 Å². The van der Waals surface area contributed by atoms with E-state index in [1.54, 1.807) is 48.5 Å². The second kappa shape index (κ2) is 10.0. The molecule has 0 aromatic heterocycles. The fourth-order valence-electron chi connectivity index (χ4n) is 2.21. The maximum Gasteiger partial charge on any atom is 0.307 e. The highest BCUT2D eigenvalue weighted by atomic mass is 32.9. The molecule has 2 aromatic carbocycles. The molecule has 0 amide bonds. The van der Waals surface area contributed by atoms with E-state index in [2.05, 4.69) is 12.2 Å². The second-order valence-electron chi connectivity index (χ2n) is 5.79. The van der Waals surface area contributed by atoms with Crippen LogP contribution in [0.2, 0.25) is 0 Å². The van der Waals surface area contributed by atoms with Crippen molar-refractivity contribution in [1.29, 1.82) is 0 Å². The summed E-state index contributed by atoms with van der Waals surface area (Å²) in [5.41, 5.74) is 0.346. The average Bonchev–Trinajstić information content (AvgIpc) is 2.60. The van der Waals surface area contributed by atoms with Gasteiger partial charge in [0.15, 0.2) is 0 Å². The van der Waals surface area contributed by atoms with Crippen LogP contribution in [0.3, 0.4) is 0 Å². The molecular weight excluding hydrogens is 407 g/mol. The monoisotopic (exact) mass is 426 g/mol. The summed E-state index contributed by atoms with van der Waals surface area (Å²) in [5.74, 6) is -1.76. The van der Waals surface area contributed by atoms with Crippen LogP contribution in [0.5, 0.6) is 0 Å². The SMILES string of the molecule is O=C(O)Cc1ccc(COP(=S)(S)OCc2ccc(CC(=O)O)cc2)cc1. The lowest BCUT2D eigenvalue weighted by molar-refractivity contribution is -0.137. The minimum atomic E-state index is -2.75.